The van der Waals surface area contributed by atoms with Crippen LogP contribution in [0.25, 0.3) is 6.08 Å². The van der Waals surface area contributed by atoms with Crippen molar-refractivity contribution in [1.29, 1.82) is 5.26 Å². The fourth-order valence-electron chi connectivity index (χ4n) is 3.92. The molecule has 0 spiro atoms. The van der Waals surface area contributed by atoms with Gasteiger partial charge in [0.25, 0.3) is 5.91 Å². The van der Waals surface area contributed by atoms with Crippen LogP contribution in [0.1, 0.15) is 29.2 Å². The Labute approximate surface area is 248 Å². The molecule has 0 aliphatic heterocycles. The van der Waals surface area contributed by atoms with Crippen molar-refractivity contribution in [3.63, 3.8) is 0 Å². The quantitative estimate of drug-likeness (QED) is 0.103. The fourth-order valence-corrected chi connectivity index (χ4v) is 4.70. The number of rotatable bonds is 11. The van der Waals surface area contributed by atoms with Gasteiger partial charge in [-0.05, 0) is 95.6 Å². The smallest absolute Gasteiger partial charge is 0.266 e. The van der Waals surface area contributed by atoms with Gasteiger partial charge in [-0.1, -0.05) is 60.2 Å². The van der Waals surface area contributed by atoms with Gasteiger partial charge in [0.05, 0.1) is 10.2 Å². The Morgan fingerprint density at radius 2 is 1.62 bits per heavy atom. The molecule has 4 rings (SSSR count). The van der Waals surface area contributed by atoms with E-state index < -0.39 is 5.91 Å². The highest BCUT2D eigenvalue weighted by atomic mass is 127. The number of amides is 1. The van der Waals surface area contributed by atoms with Gasteiger partial charge in [-0.15, -0.1) is 0 Å². The lowest BCUT2D eigenvalue weighted by molar-refractivity contribution is -0.112. The van der Waals surface area contributed by atoms with Crippen LogP contribution in [0.5, 0.6) is 17.2 Å². The van der Waals surface area contributed by atoms with Gasteiger partial charge >= 0.3 is 0 Å². The summed E-state index contributed by atoms with van der Waals surface area (Å²) in [6.45, 7) is 5.23. The summed E-state index contributed by atoms with van der Waals surface area (Å²) in [6, 6.07) is 30.7. The minimum absolute atomic E-state index is 0.0314. The largest absolute Gasteiger partial charge is 0.490 e. The average molecular weight is 645 g/mol. The Kier molecular flexibility index (Phi) is 10.2. The minimum atomic E-state index is -0.506. The van der Waals surface area contributed by atoms with E-state index in [1.54, 1.807) is 36.4 Å². The summed E-state index contributed by atoms with van der Waals surface area (Å²) in [4.78, 5) is 12.9. The van der Waals surface area contributed by atoms with Crippen LogP contribution in [0.15, 0.2) is 96.6 Å². The SMILES string of the molecule is CCOc1cc(/C=C(\C#N)C(=O)Nc2ccc(OCc3ccccc3)cc2)cc(I)c1OCc1cccc(C)c1. The van der Waals surface area contributed by atoms with E-state index in [1.165, 1.54) is 0 Å². The molecule has 4 aromatic carbocycles. The van der Waals surface area contributed by atoms with Gasteiger partial charge in [0, 0.05) is 5.69 Å². The lowest BCUT2D eigenvalue weighted by atomic mass is 10.1. The number of hydrogen-bond donors (Lipinski definition) is 1. The predicted molar refractivity (Wildman–Crippen MR) is 165 cm³/mol. The van der Waals surface area contributed by atoms with E-state index in [0.29, 0.717) is 48.3 Å². The van der Waals surface area contributed by atoms with Gasteiger partial charge in [-0.3, -0.25) is 4.79 Å². The van der Waals surface area contributed by atoms with Crippen molar-refractivity contribution in [1.82, 2.24) is 0 Å². The van der Waals surface area contributed by atoms with Crippen molar-refractivity contribution in [2.45, 2.75) is 27.1 Å². The molecule has 1 N–H and O–H groups in total. The molecule has 1 amide bonds. The first-order valence-electron chi connectivity index (χ1n) is 12.8. The number of anilines is 1. The van der Waals surface area contributed by atoms with Crippen LogP contribution >= 0.6 is 22.6 Å². The van der Waals surface area contributed by atoms with E-state index in [2.05, 4.69) is 34.0 Å². The molecule has 7 heteroatoms. The van der Waals surface area contributed by atoms with Crippen LogP contribution in [0.3, 0.4) is 0 Å². The molecule has 0 radical (unpaired) electrons. The van der Waals surface area contributed by atoms with Gasteiger partial charge in [-0.2, -0.15) is 5.26 Å². The number of carbonyl (C=O) groups is 1. The topological polar surface area (TPSA) is 80.6 Å². The molecule has 0 atom stereocenters. The van der Waals surface area contributed by atoms with Crippen LogP contribution in [0, 0.1) is 21.8 Å². The van der Waals surface area contributed by atoms with E-state index in [-0.39, 0.29) is 5.57 Å². The number of aryl methyl sites for hydroxylation is 1. The monoisotopic (exact) mass is 644 g/mol. The summed E-state index contributed by atoms with van der Waals surface area (Å²) in [6.07, 6.45) is 1.54. The number of hydrogen-bond acceptors (Lipinski definition) is 5. The summed E-state index contributed by atoms with van der Waals surface area (Å²) in [7, 11) is 0. The highest BCUT2D eigenvalue weighted by Crippen LogP contribution is 2.35. The van der Waals surface area contributed by atoms with Crippen LogP contribution < -0.4 is 19.5 Å². The van der Waals surface area contributed by atoms with Crippen molar-refractivity contribution in [3.8, 4) is 23.3 Å². The van der Waals surface area contributed by atoms with Crippen LogP contribution in [-0.4, -0.2) is 12.5 Å². The first-order chi connectivity index (χ1) is 19.4. The second-order valence-corrected chi connectivity index (χ2v) is 10.1. The molecule has 0 bridgehead atoms. The van der Waals surface area contributed by atoms with Crippen molar-refractivity contribution < 1.29 is 19.0 Å². The second kappa shape index (κ2) is 14.2. The van der Waals surface area contributed by atoms with E-state index in [0.717, 1.165) is 20.3 Å². The van der Waals surface area contributed by atoms with Crippen LogP contribution in [-0.2, 0) is 18.0 Å². The first kappa shape index (κ1) is 28.7. The Morgan fingerprint density at radius 1 is 0.900 bits per heavy atom. The molecular weight excluding hydrogens is 615 g/mol. The average Bonchev–Trinajstić information content (AvgIpc) is 2.96. The van der Waals surface area contributed by atoms with E-state index in [1.807, 2.05) is 74.5 Å². The molecular formula is C33H29IN2O4. The van der Waals surface area contributed by atoms with E-state index in [4.69, 9.17) is 14.2 Å². The van der Waals surface area contributed by atoms with Gasteiger partial charge in [0.15, 0.2) is 11.5 Å². The molecule has 0 aliphatic carbocycles. The number of nitriles is 1. The summed E-state index contributed by atoms with van der Waals surface area (Å²) in [5.41, 5.74) is 4.47. The number of halogens is 1. The first-order valence-corrected chi connectivity index (χ1v) is 13.9. The number of nitrogens with one attached hydrogen (secondary N) is 1. The Morgan fingerprint density at radius 3 is 2.33 bits per heavy atom. The zero-order chi connectivity index (χ0) is 28.3. The highest BCUT2D eigenvalue weighted by Gasteiger charge is 2.15. The van der Waals surface area contributed by atoms with Crippen LogP contribution in [0.2, 0.25) is 0 Å². The van der Waals surface area contributed by atoms with Gasteiger partial charge in [-0.25, -0.2) is 0 Å². The number of carbonyl (C=O) groups excluding carboxylic acids is 1. The summed E-state index contributed by atoms with van der Waals surface area (Å²) in [5.74, 6) is 1.35. The van der Waals surface area contributed by atoms with Gasteiger partial charge in [0.1, 0.15) is 30.6 Å². The van der Waals surface area contributed by atoms with E-state index in [9.17, 15) is 10.1 Å². The molecule has 6 nitrogen and oxygen atoms in total. The van der Waals surface area contributed by atoms with Crippen LogP contribution in [0.4, 0.5) is 5.69 Å². The second-order valence-electron chi connectivity index (χ2n) is 8.96. The summed E-state index contributed by atoms with van der Waals surface area (Å²) < 4.78 is 18.6. The molecule has 0 unspecified atom stereocenters. The van der Waals surface area contributed by atoms with Gasteiger partial charge in [0.2, 0.25) is 0 Å². The number of benzene rings is 4. The molecule has 4 aromatic rings. The normalized spacial score (nSPS) is 10.9. The summed E-state index contributed by atoms with van der Waals surface area (Å²) in [5, 5.41) is 12.5. The Bertz CT molecular complexity index is 1530. The van der Waals surface area contributed by atoms with Gasteiger partial charge < -0.3 is 19.5 Å². The Balaban J connectivity index is 1.44. The lowest BCUT2D eigenvalue weighted by Crippen LogP contribution is -2.13. The van der Waals surface area contributed by atoms with Crippen molar-refractivity contribution in [3.05, 3.63) is 122 Å². The molecule has 0 aliphatic rings. The third-order valence-corrected chi connectivity index (χ3v) is 6.64. The minimum Gasteiger partial charge on any atom is -0.490 e. The molecule has 40 heavy (non-hydrogen) atoms. The third kappa shape index (κ3) is 8.10. The zero-order valence-corrected chi connectivity index (χ0v) is 24.5. The molecule has 0 saturated heterocycles. The lowest BCUT2D eigenvalue weighted by Gasteiger charge is -2.15. The molecule has 0 aromatic heterocycles. The maximum Gasteiger partial charge on any atom is 0.266 e. The highest BCUT2D eigenvalue weighted by molar-refractivity contribution is 14.1. The summed E-state index contributed by atoms with van der Waals surface area (Å²) >= 11 is 2.18. The van der Waals surface area contributed by atoms with E-state index >= 15 is 0 Å². The molecule has 0 heterocycles. The molecule has 0 fully saturated rings. The zero-order valence-electron chi connectivity index (χ0n) is 22.3. The van der Waals surface area contributed by atoms with Crippen molar-refractivity contribution >= 4 is 40.3 Å². The number of nitrogens with zero attached hydrogens (tertiary/aromatic N) is 1. The number of ether oxygens (including phenoxy) is 3. The Hall–Kier alpha value is -4.29. The predicted octanol–water partition coefficient (Wildman–Crippen LogP) is 7.70. The fraction of sp³-hybridized carbons (Fsp3) is 0.152. The molecule has 202 valence electrons. The maximum atomic E-state index is 12.9. The maximum absolute atomic E-state index is 12.9. The standard InChI is InChI=1S/C33H29IN2O4/c1-3-38-31-19-26(18-30(34)32(31)40-22-25-11-7-8-23(2)16-25)17-27(20-35)33(37)36-28-12-14-29(15-13-28)39-21-24-9-5-4-6-10-24/h4-19H,3,21-22H2,1-2H3,(H,36,37)/b27-17+. The van der Waals surface area contributed by atoms with Crippen molar-refractivity contribution in [2.75, 3.05) is 11.9 Å². The third-order valence-electron chi connectivity index (χ3n) is 5.83. The molecule has 0 saturated carbocycles. The van der Waals surface area contributed by atoms with Crippen molar-refractivity contribution in [2.24, 2.45) is 0 Å².